The Morgan fingerprint density at radius 2 is 2.39 bits per heavy atom. The number of aromatic nitrogens is 2. The molecule has 0 unspecified atom stereocenters. The van der Waals surface area contributed by atoms with Crippen molar-refractivity contribution in [1.29, 1.82) is 0 Å². The molecule has 0 aliphatic carbocycles. The maximum absolute atomic E-state index is 13.9. The highest BCUT2D eigenvalue weighted by Crippen LogP contribution is 2.37. The van der Waals surface area contributed by atoms with E-state index in [1.54, 1.807) is 0 Å². The Kier molecular flexibility index (Phi) is 3.33. The lowest BCUT2D eigenvalue weighted by Gasteiger charge is -2.25. The van der Waals surface area contributed by atoms with Crippen molar-refractivity contribution in [2.75, 3.05) is 13.2 Å². The van der Waals surface area contributed by atoms with Gasteiger partial charge in [-0.05, 0) is 0 Å². The summed E-state index contributed by atoms with van der Waals surface area (Å²) in [4.78, 5) is 24.5. The Hall–Kier alpha value is -1.51. The number of nitrogens with zero attached hydrogens (tertiary/aromatic N) is 1. The number of hydrogen-bond acceptors (Lipinski definition) is 5. The molecule has 8 heteroatoms. The molecule has 4 N–H and O–H groups in total. The Labute approximate surface area is 101 Å². The topological polar surface area (TPSA) is 110 Å². The van der Waals surface area contributed by atoms with Crippen molar-refractivity contribution in [3.8, 4) is 0 Å². The standard InChI is InChI=1S/C10H14FN3O4/c11-6-3-10(4-12,5-15)18-8(6)14-2-1-7(16)13-9(14)17/h1-2,6,8,15H,3-5,12H2,(H,13,16,17)/t6-,8-,10-/m1/s1. The molecule has 0 aromatic carbocycles. The van der Waals surface area contributed by atoms with Crippen molar-refractivity contribution in [1.82, 2.24) is 9.55 Å². The summed E-state index contributed by atoms with van der Waals surface area (Å²) in [7, 11) is 0. The van der Waals surface area contributed by atoms with Crippen LogP contribution in [0.1, 0.15) is 12.6 Å². The van der Waals surface area contributed by atoms with E-state index >= 15 is 0 Å². The van der Waals surface area contributed by atoms with Gasteiger partial charge in [-0.3, -0.25) is 14.3 Å². The summed E-state index contributed by atoms with van der Waals surface area (Å²) in [6.45, 7) is -0.489. The molecular formula is C10H14FN3O4. The van der Waals surface area contributed by atoms with Crippen LogP contribution >= 0.6 is 0 Å². The summed E-state index contributed by atoms with van der Waals surface area (Å²) in [6.07, 6.45) is -1.62. The monoisotopic (exact) mass is 259 g/mol. The van der Waals surface area contributed by atoms with Gasteiger partial charge in [0.05, 0.1) is 6.61 Å². The molecular weight excluding hydrogens is 245 g/mol. The minimum absolute atomic E-state index is 0.0570. The minimum Gasteiger partial charge on any atom is -0.393 e. The van der Waals surface area contributed by atoms with E-state index in [-0.39, 0.29) is 13.0 Å². The molecule has 1 aromatic rings. The second-order valence-electron chi connectivity index (χ2n) is 4.29. The molecule has 18 heavy (non-hydrogen) atoms. The number of ether oxygens (including phenoxy) is 1. The molecule has 1 saturated heterocycles. The summed E-state index contributed by atoms with van der Waals surface area (Å²) in [5.74, 6) is 0. The van der Waals surface area contributed by atoms with E-state index in [4.69, 9.17) is 10.5 Å². The first kappa shape index (κ1) is 12.9. The zero-order chi connectivity index (χ0) is 13.3. The zero-order valence-electron chi connectivity index (χ0n) is 9.51. The fourth-order valence-corrected chi connectivity index (χ4v) is 1.99. The van der Waals surface area contributed by atoms with Gasteiger partial charge in [0.25, 0.3) is 5.56 Å². The van der Waals surface area contributed by atoms with Crippen LogP contribution in [0, 0.1) is 0 Å². The van der Waals surface area contributed by atoms with E-state index < -0.39 is 35.9 Å². The summed E-state index contributed by atoms with van der Waals surface area (Å²) in [5.41, 5.74) is 2.93. The van der Waals surface area contributed by atoms with E-state index in [1.165, 1.54) is 0 Å². The highest BCUT2D eigenvalue weighted by Gasteiger charge is 2.47. The summed E-state index contributed by atoms with van der Waals surface area (Å²) >= 11 is 0. The van der Waals surface area contributed by atoms with E-state index in [2.05, 4.69) is 0 Å². The first-order valence-corrected chi connectivity index (χ1v) is 5.46. The largest absolute Gasteiger partial charge is 0.393 e. The van der Waals surface area contributed by atoms with Crippen LogP contribution < -0.4 is 17.0 Å². The number of H-pyrrole nitrogens is 1. The SMILES string of the molecule is NC[C@@]1(CO)C[C@@H](F)[C@H](n2ccc(=O)[nH]c2=O)O1. The van der Waals surface area contributed by atoms with Crippen LogP contribution in [0.4, 0.5) is 4.39 Å². The molecule has 0 saturated carbocycles. The molecule has 0 spiro atoms. The molecule has 7 nitrogen and oxygen atoms in total. The molecule has 100 valence electrons. The lowest BCUT2D eigenvalue weighted by atomic mass is 10.0. The van der Waals surface area contributed by atoms with Gasteiger partial charge in [0.15, 0.2) is 6.23 Å². The lowest BCUT2D eigenvalue weighted by molar-refractivity contribution is -0.1000. The maximum Gasteiger partial charge on any atom is 0.330 e. The number of aromatic amines is 1. The van der Waals surface area contributed by atoms with Crippen molar-refractivity contribution < 1.29 is 14.2 Å². The summed E-state index contributed by atoms with van der Waals surface area (Å²) in [6, 6.07) is 1.10. The van der Waals surface area contributed by atoms with Gasteiger partial charge in [-0.15, -0.1) is 0 Å². The predicted molar refractivity (Wildman–Crippen MR) is 59.8 cm³/mol. The number of hydrogen-bond donors (Lipinski definition) is 3. The van der Waals surface area contributed by atoms with Crippen LogP contribution in [0.3, 0.4) is 0 Å². The fourth-order valence-electron chi connectivity index (χ4n) is 1.99. The van der Waals surface area contributed by atoms with Crippen LogP contribution in [0.25, 0.3) is 0 Å². The third-order valence-corrected chi connectivity index (χ3v) is 3.03. The second kappa shape index (κ2) is 4.63. The van der Waals surface area contributed by atoms with Gasteiger partial charge >= 0.3 is 5.69 Å². The molecule has 0 bridgehead atoms. The van der Waals surface area contributed by atoms with E-state index in [0.717, 1.165) is 16.8 Å². The highest BCUT2D eigenvalue weighted by molar-refractivity contribution is 4.96. The average Bonchev–Trinajstić information content (AvgIpc) is 2.67. The van der Waals surface area contributed by atoms with Crippen molar-refractivity contribution in [3.63, 3.8) is 0 Å². The number of alkyl halides is 1. The summed E-state index contributed by atoms with van der Waals surface area (Å²) < 4.78 is 20.2. The van der Waals surface area contributed by atoms with Crippen LogP contribution in [-0.2, 0) is 4.74 Å². The van der Waals surface area contributed by atoms with Gasteiger partial charge in [0, 0.05) is 25.2 Å². The van der Waals surface area contributed by atoms with Crippen LogP contribution in [0.5, 0.6) is 0 Å². The van der Waals surface area contributed by atoms with Crippen LogP contribution in [0.2, 0.25) is 0 Å². The normalized spacial score (nSPS) is 31.7. The number of halogens is 1. The molecule has 0 radical (unpaired) electrons. The van der Waals surface area contributed by atoms with Gasteiger partial charge in [0.2, 0.25) is 0 Å². The fraction of sp³-hybridized carbons (Fsp3) is 0.600. The van der Waals surface area contributed by atoms with E-state index in [0.29, 0.717) is 0 Å². The minimum atomic E-state index is -1.48. The first-order chi connectivity index (χ1) is 8.51. The Balaban J connectivity index is 2.35. The predicted octanol–water partition coefficient (Wildman–Crippen LogP) is -1.52. The number of nitrogens with one attached hydrogen (secondary N) is 1. The quantitative estimate of drug-likeness (QED) is 0.611. The molecule has 1 aliphatic rings. The number of nitrogens with two attached hydrogens (primary N) is 1. The zero-order valence-corrected chi connectivity index (χ0v) is 9.51. The maximum atomic E-state index is 13.9. The van der Waals surface area contributed by atoms with Gasteiger partial charge in [-0.25, -0.2) is 9.18 Å². The van der Waals surface area contributed by atoms with Gasteiger partial charge in [-0.1, -0.05) is 0 Å². The van der Waals surface area contributed by atoms with Gasteiger partial charge in [0.1, 0.15) is 11.8 Å². The molecule has 2 rings (SSSR count). The second-order valence-corrected chi connectivity index (χ2v) is 4.29. The van der Waals surface area contributed by atoms with E-state index in [9.17, 15) is 19.1 Å². The van der Waals surface area contributed by atoms with Gasteiger partial charge in [-0.2, -0.15) is 0 Å². The van der Waals surface area contributed by atoms with Crippen LogP contribution in [0.15, 0.2) is 21.9 Å². The van der Waals surface area contributed by atoms with Crippen molar-refractivity contribution in [3.05, 3.63) is 33.1 Å². The lowest BCUT2D eigenvalue weighted by Crippen LogP contribution is -2.42. The van der Waals surface area contributed by atoms with Crippen molar-refractivity contribution in [2.45, 2.75) is 24.4 Å². The number of rotatable bonds is 3. The highest BCUT2D eigenvalue weighted by atomic mass is 19.1. The number of aliphatic hydroxyl groups excluding tert-OH is 1. The Bertz CT molecular complexity index is 536. The summed E-state index contributed by atoms with van der Waals surface area (Å²) in [5, 5.41) is 9.20. The third kappa shape index (κ3) is 2.09. The molecule has 3 atom stereocenters. The molecule has 0 amide bonds. The van der Waals surface area contributed by atoms with Crippen molar-refractivity contribution >= 4 is 0 Å². The number of aliphatic hydroxyl groups is 1. The van der Waals surface area contributed by atoms with Crippen LogP contribution in [-0.4, -0.2) is 39.6 Å². The van der Waals surface area contributed by atoms with E-state index in [1.807, 2.05) is 4.98 Å². The first-order valence-electron chi connectivity index (χ1n) is 5.46. The molecule has 2 heterocycles. The van der Waals surface area contributed by atoms with Gasteiger partial charge < -0.3 is 15.6 Å². The third-order valence-electron chi connectivity index (χ3n) is 3.03. The Morgan fingerprint density at radius 1 is 1.67 bits per heavy atom. The molecule has 1 aromatic heterocycles. The average molecular weight is 259 g/mol. The van der Waals surface area contributed by atoms with Crippen molar-refractivity contribution in [2.24, 2.45) is 5.73 Å². The molecule has 1 aliphatic heterocycles. The Morgan fingerprint density at radius 3 is 2.89 bits per heavy atom. The molecule has 1 fully saturated rings. The smallest absolute Gasteiger partial charge is 0.330 e.